The first-order valence-corrected chi connectivity index (χ1v) is 13.7. The number of aryl methyl sites for hydroxylation is 1. The zero-order valence-corrected chi connectivity index (χ0v) is 23.7. The Morgan fingerprint density at radius 1 is 1.12 bits per heavy atom. The molecule has 2 aromatic carbocycles. The molecule has 2 atom stereocenters. The Hall–Kier alpha value is -4.08. The average molecular weight is 553 g/mol. The first kappa shape index (κ1) is 30.5. The summed E-state index contributed by atoms with van der Waals surface area (Å²) in [5, 5.41) is 8.48. The normalized spacial score (nSPS) is 18.9. The van der Waals surface area contributed by atoms with E-state index in [0.29, 0.717) is 18.7 Å². The van der Waals surface area contributed by atoms with Crippen LogP contribution < -0.4 is 25.4 Å². The summed E-state index contributed by atoms with van der Waals surface area (Å²) in [6.07, 6.45) is 1.45. The number of amides is 4. The molecule has 40 heavy (non-hydrogen) atoms. The lowest BCUT2D eigenvalue weighted by atomic mass is 10.0. The average Bonchev–Trinajstić information content (AvgIpc) is 2.95. The summed E-state index contributed by atoms with van der Waals surface area (Å²) in [7, 11) is 3.27. The van der Waals surface area contributed by atoms with Crippen molar-refractivity contribution in [2.24, 2.45) is 5.92 Å². The predicted octanol–water partition coefficient (Wildman–Crippen LogP) is 2.31. The first-order valence-electron chi connectivity index (χ1n) is 13.7. The molecule has 1 aliphatic rings. The van der Waals surface area contributed by atoms with Crippen molar-refractivity contribution in [2.75, 3.05) is 33.9 Å². The molecule has 2 aromatic rings. The Morgan fingerprint density at radius 3 is 2.65 bits per heavy atom. The van der Waals surface area contributed by atoms with Gasteiger partial charge in [-0.3, -0.25) is 19.2 Å². The van der Waals surface area contributed by atoms with Crippen LogP contribution in [0.25, 0.3) is 0 Å². The number of rotatable bonds is 7. The molecule has 0 unspecified atom stereocenters. The van der Waals surface area contributed by atoms with Crippen molar-refractivity contribution >= 4 is 23.6 Å². The molecule has 3 N–H and O–H groups in total. The lowest BCUT2D eigenvalue weighted by Gasteiger charge is -2.27. The van der Waals surface area contributed by atoms with E-state index in [0.717, 1.165) is 17.7 Å². The second-order valence-electron chi connectivity index (χ2n) is 10.2. The van der Waals surface area contributed by atoms with E-state index in [1.54, 1.807) is 38.4 Å². The molecule has 4 amide bonds. The second kappa shape index (κ2) is 14.9. The van der Waals surface area contributed by atoms with Crippen molar-refractivity contribution in [1.29, 1.82) is 0 Å². The van der Waals surface area contributed by atoms with Crippen molar-refractivity contribution in [3.63, 3.8) is 0 Å². The third kappa shape index (κ3) is 8.72. The number of ether oxygens (including phenoxy) is 2. The number of benzene rings is 2. The van der Waals surface area contributed by atoms with Gasteiger partial charge in [-0.05, 0) is 55.0 Å². The lowest BCUT2D eigenvalue weighted by Crippen LogP contribution is -2.51. The van der Waals surface area contributed by atoms with Crippen molar-refractivity contribution in [2.45, 2.75) is 51.6 Å². The molecule has 0 radical (unpaired) electrons. The third-order valence-electron chi connectivity index (χ3n) is 6.80. The van der Waals surface area contributed by atoms with E-state index in [4.69, 9.17) is 9.47 Å². The molecule has 0 fully saturated rings. The standard InChI is InChI=1S/C30H40N4O6/c1-20(2)27-30(38)34(3)17-18-40-25-13-6-5-12-23(25)28(36)32-24(14-15-26(35)33-27)29(37)31-16-8-10-21-9-7-11-22(19-21)39-4/h5-7,9,11-13,19-20,24,27H,8,10,14-18H2,1-4H3,(H,31,37)(H,32,36)(H,33,35)/t24-,27+/m0/s1. The highest BCUT2D eigenvalue weighted by atomic mass is 16.5. The van der Waals surface area contributed by atoms with Crippen LogP contribution in [0.5, 0.6) is 11.5 Å². The van der Waals surface area contributed by atoms with Crippen molar-refractivity contribution in [3.8, 4) is 11.5 Å². The third-order valence-corrected chi connectivity index (χ3v) is 6.80. The molecule has 10 nitrogen and oxygen atoms in total. The van der Waals surface area contributed by atoms with Gasteiger partial charge >= 0.3 is 0 Å². The van der Waals surface area contributed by atoms with Gasteiger partial charge in [0.05, 0.1) is 19.2 Å². The highest BCUT2D eigenvalue weighted by molar-refractivity contribution is 5.99. The van der Waals surface area contributed by atoms with E-state index < -0.39 is 18.0 Å². The zero-order chi connectivity index (χ0) is 29.1. The fourth-order valence-electron chi connectivity index (χ4n) is 4.41. The maximum atomic E-state index is 13.2. The van der Waals surface area contributed by atoms with Crippen LogP contribution in [-0.4, -0.2) is 74.5 Å². The Balaban J connectivity index is 1.73. The Labute approximate surface area is 235 Å². The number of hydrogen-bond acceptors (Lipinski definition) is 6. The fourth-order valence-corrected chi connectivity index (χ4v) is 4.41. The minimum Gasteiger partial charge on any atom is -0.497 e. The maximum Gasteiger partial charge on any atom is 0.255 e. The van der Waals surface area contributed by atoms with E-state index in [1.807, 2.05) is 38.1 Å². The summed E-state index contributed by atoms with van der Waals surface area (Å²) in [5.41, 5.74) is 1.36. The van der Waals surface area contributed by atoms with Gasteiger partial charge in [-0.2, -0.15) is 0 Å². The number of fused-ring (bicyclic) bond motifs is 1. The summed E-state index contributed by atoms with van der Waals surface area (Å²) in [6.45, 7) is 4.54. The van der Waals surface area contributed by atoms with E-state index in [9.17, 15) is 19.2 Å². The molecule has 1 heterocycles. The second-order valence-corrected chi connectivity index (χ2v) is 10.2. The highest BCUT2D eigenvalue weighted by Crippen LogP contribution is 2.19. The van der Waals surface area contributed by atoms with Crippen LogP contribution in [0.1, 0.15) is 49.0 Å². The molecule has 216 valence electrons. The van der Waals surface area contributed by atoms with E-state index in [-0.39, 0.29) is 55.2 Å². The summed E-state index contributed by atoms with van der Waals surface area (Å²) >= 11 is 0. The zero-order valence-electron chi connectivity index (χ0n) is 23.7. The summed E-state index contributed by atoms with van der Waals surface area (Å²) in [6, 6.07) is 12.8. The Kier molecular flexibility index (Phi) is 11.4. The van der Waals surface area contributed by atoms with Crippen LogP contribution in [-0.2, 0) is 20.8 Å². The van der Waals surface area contributed by atoms with Crippen LogP contribution >= 0.6 is 0 Å². The maximum absolute atomic E-state index is 13.2. The Morgan fingerprint density at radius 2 is 1.90 bits per heavy atom. The van der Waals surface area contributed by atoms with Gasteiger partial charge in [-0.1, -0.05) is 38.1 Å². The molecule has 10 heteroatoms. The summed E-state index contributed by atoms with van der Waals surface area (Å²) in [4.78, 5) is 53.8. The van der Waals surface area contributed by atoms with E-state index in [1.165, 1.54) is 4.90 Å². The monoisotopic (exact) mass is 552 g/mol. The van der Waals surface area contributed by atoms with Gasteiger partial charge in [-0.15, -0.1) is 0 Å². The minimum absolute atomic E-state index is 0.0411. The number of hydrogen-bond donors (Lipinski definition) is 3. The fraction of sp³-hybridized carbons (Fsp3) is 0.467. The smallest absolute Gasteiger partial charge is 0.255 e. The van der Waals surface area contributed by atoms with Gasteiger partial charge in [0, 0.05) is 20.0 Å². The van der Waals surface area contributed by atoms with E-state index in [2.05, 4.69) is 16.0 Å². The van der Waals surface area contributed by atoms with Gasteiger partial charge in [0.25, 0.3) is 5.91 Å². The molecule has 0 saturated heterocycles. The number of likely N-dealkylation sites (N-methyl/N-ethyl adjacent to an activating group) is 1. The SMILES string of the molecule is COc1cccc(CCCNC(=O)[C@@H]2CCC(=O)N[C@H](C(C)C)C(=O)N(C)CCOc3ccccc3C(=O)N2)c1. The minimum atomic E-state index is -0.955. The molecule has 0 aliphatic carbocycles. The number of carbonyl (C=O) groups is 4. The van der Waals surface area contributed by atoms with Crippen LogP contribution in [0, 0.1) is 5.92 Å². The predicted molar refractivity (Wildman–Crippen MR) is 151 cm³/mol. The first-order chi connectivity index (χ1) is 19.2. The molecule has 0 bridgehead atoms. The Bertz CT molecular complexity index is 1180. The number of para-hydroxylation sites is 1. The van der Waals surface area contributed by atoms with Crippen LogP contribution in [0.15, 0.2) is 48.5 Å². The molecule has 3 rings (SSSR count). The van der Waals surface area contributed by atoms with Crippen molar-refractivity contribution in [3.05, 3.63) is 59.7 Å². The van der Waals surface area contributed by atoms with E-state index >= 15 is 0 Å². The van der Waals surface area contributed by atoms with Gasteiger partial charge in [0.1, 0.15) is 30.2 Å². The molecule has 0 saturated carbocycles. The number of methoxy groups -OCH3 is 1. The highest BCUT2D eigenvalue weighted by Gasteiger charge is 2.29. The molecule has 0 spiro atoms. The topological polar surface area (TPSA) is 126 Å². The summed E-state index contributed by atoms with van der Waals surface area (Å²) < 4.78 is 11.1. The largest absolute Gasteiger partial charge is 0.497 e. The van der Waals surface area contributed by atoms with Crippen LogP contribution in [0.4, 0.5) is 0 Å². The van der Waals surface area contributed by atoms with Gasteiger partial charge < -0.3 is 30.3 Å². The van der Waals surface area contributed by atoms with Crippen LogP contribution in [0.2, 0.25) is 0 Å². The molecule has 1 aliphatic heterocycles. The number of nitrogens with zero attached hydrogens (tertiary/aromatic N) is 1. The molecular formula is C30H40N4O6. The quantitative estimate of drug-likeness (QED) is 0.453. The molecular weight excluding hydrogens is 512 g/mol. The lowest BCUT2D eigenvalue weighted by molar-refractivity contribution is -0.137. The van der Waals surface area contributed by atoms with Gasteiger partial charge in [0.15, 0.2) is 0 Å². The van der Waals surface area contributed by atoms with Crippen LogP contribution in [0.3, 0.4) is 0 Å². The summed E-state index contributed by atoms with van der Waals surface area (Å²) in [5.74, 6) is -0.470. The van der Waals surface area contributed by atoms with Gasteiger partial charge in [0.2, 0.25) is 17.7 Å². The number of nitrogens with one attached hydrogen (secondary N) is 3. The van der Waals surface area contributed by atoms with Crippen molar-refractivity contribution in [1.82, 2.24) is 20.9 Å². The molecule has 0 aromatic heterocycles. The van der Waals surface area contributed by atoms with Crippen molar-refractivity contribution < 1.29 is 28.7 Å². The van der Waals surface area contributed by atoms with Gasteiger partial charge in [-0.25, -0.2) is 0 Å². The number of carbonyl (C=O) groups excluding carboxylic acids is 4.